The van der Waals surface area contributed by atoms with E-state index in [1.54, 1.807) is 12.1 Å². The largest absolute Gasteiger partial charge is 0.504 e. The van der Waals surface area contributed by atoms with Crippen molar-refractivity contribution in [3.8, 4) is 23.0 Å². The Labute approximate surface area is 219 Å². The first-order valence-electron chi connectivity index (χ1n) is 11.9. The molecule has 2 aromatic carbocycles. The number of hydrogen-bond donors (Lipinski definition) is 7. The van der Waals surface area contributed by atoms with Crippen molar-refractivity contribution in [3.05, 3.63) is 47.5 Å². The Morgan fingerprint density at radius 3 is 2.16 bits per heavy atom. The summed E-state index contributed by atoms with van der Waals surface area (Å²) in [6.07, 6.45) is -7.33. The zero-order valence-electron chi connectivity index (χ0n) is 21.0. The van der Waals surface area contributed by atoms with E-state index in [1.165, 1.54) is 38.5 Å². The fourth-order valence-electron chi connectivity index (χ4n) is 4.38. The minimum absolute atomic E-state index is 0.0740. The molecule has 0 bridgehead atoms. The van der Waals surface area contributed by atoms with Crippen molar-refractivity contribution < 1.29 is 59.5 Å². The summed E-state index contributed by atoms with van der Waals surface area (Å²) in [5.74, 6) is -2.21. The van der Waals surface area contributed by atoms with E-state index >= 15 is 0 Å². The summed E-state index contributed by atoms with van der Waals surface area (Å²) < 4.78 is 21.4. The van der Waals surface area contributed by atoms with Gasteiger partial charge in [-0.1, -0.05) is 6.07 Å². The lowest BCUT2D eigenvalue weighted by Crippen LogP contribution is -2.59. The molecule has 7 unspecified atom stereocenters. The smallest absolute Gasteiger partial charge is 0.186 e. The van der Waals surface area contributed by atoms with Crippen LogP contribution in [-0.2, 0) is 15.9 Å². The number of ketones is 1. The average molecular weight is 539 g/mol. The van der Waals surface area contributed by atoms with Crippen LogP contribution >= 0.6 is 0 Å². The molecule has 0 aliphatic carbocycles. The van der Waals surface area contributed by atoms with Crippen LogP contribution in [0.1, 0.15) is 15.9 Å². The Balaban J connectivity index is 1.89. The van der Waals surface area contributed by atoms with Crippen LogP contribution in [0.15, 0.2) is 36.4 Å². The lowest BCUT2D eigenvalue weighted by atomic mass is 9.82. The van der Waals surface area contributed by atoms with Gasteiger partial charge in [0.1, 0.15) is 24.4 Å². The number of carbonyl (C=O) groups is 1. The molecule has 38 heavy (non-hydrogen) atoms. The number of ether oxygens (including phenoxy) is 4. The van der Waals surface area contributed by atoms with E-state index in [2.05, 4.69) is 0 Å². The Bertz CT molecular complexity index is 1070. The minimum Gasteiger partial charge on any atom is -0.504 e. The molecule has 1 aliphatic rings. The van der Waals surface area contributed by atoms with Crippen LogP contribution in [0.3, 0.4) is 0 Å². The van der Waals surface area contributed by atoms with E-state index in [1.807, 2.05) is 0 Å². The predicted octanol–water partition coefficient (Wildman–Crippen LogP) is -0.418. The third-order valence-corrected chi connectivity index (χ3v) is 6.63. The minimum atomic E-state index is -1.65. The zero-order chi connectivity index (χ0) is 28.0. The Morgan fingerprint density at radius 2 is 1.55 bits per heavy atom. The maximum atomic E-state index is 13.5. The molecule has 0 radical (unpaired) electrons. The standard InChI is InChI=1S/C26H34O12/c1-35-19-8-13(3-5-17(19)29)7-15(12-37-26-25(34)24(33)23(32)21(11-28)38-26)16(10-27)22(31)14-4-6-18(30)20(9-14)36-2/h3-6,8-9,15-16,21,23-30,32-34H,7,10-12H2,1-2H3. The molecule has 12 heteroatoms. The molecule has 210 valence electrons. The van der Waals surface area contributed by atoms with Gasteiger partial charge in [0, 0.05) is 5.56 Å². The van der Waals surface area contributed by atoms with E-state index in [9.17, 15) is 40.5 Å². The van der Waals surface area contributed by atoms with Gasteiger partial charge in [-0.3, -0.25) is 4.79 Å². The van der Waals surface area contributed by atoms with Gasteiger partial charge < -0.3 is 54.7 Å². The highest BCUT2D eigenvalue weighted by atomic mass is 16.7. The molecule has 1 aliphatic heterocycles. The predicted molar refractivity (Wildman–Crippen MR) is 131 cm³/mol. The topological polar surface area (TPSA) is 196 Å². The zero-order valence-corrected chi connectivity index (χ0v) is 21.0. The summed E-state index contributed by atoms with van der Waals surface area (Å²) in [4.78, 5) is 13.5. The van der Waals surface area contributed by atoms with Crippen molar-refractivity contribution in [2.45, 2.75) is 37.1 Å². The summed E-state index contributed by atoms with van der Waals surface area (Å²) in [6, 6.07) is 8.64. The maximum absolute atomic E-state index is 13.5. The molecular weight excluding hydrogens is 504 g/mol. The number of phenols is 2. The number of aliphatic hydroxyl groups excluding tert-OH is 5. The number of carbonyl (C=O) groups excluding carboxylic acids is 1. The van der Waals surface area contributed by atoms with Crippen molar-refractivity contribution in [1.29, 1.82) is 0 Å². The van der Waals surface area contributed by atoms with Crippen LogP contribution in [0.4, 0.5) is 0 Å². The SMILES string of the molecule is COc1cc(CC(COC2OC(CO)C(O)C(O)C2O)C(CO)C(=O)c2ccc(O)c(OC)c2)ccc1O. The number of benzene rings is 2. The van der Waals surface area contributed by atoms with E-state index in [4.69, 9.17) is 18.9 Å². The summed E-state index contributed by atoms with van der Waals surface area (Å²) >= 11 is 0. The molecule has 0 amide bonds. The third kappa shape index (κ3) is 6.53. The van der Waals surface area contributed by atoms with Crippen molar-refractivity contribution in [2.75, 3.05) is 34.0 Å². The van der Waals surface area contributed by atoms with Crippen LogP contribution in [0.25, 0.3) is 0 Å². The maximum Gasteiger partial charge on any atom is 0.186 e. The molecule has 12 nitrogen and oxygen atoms in total. The highest BCUT2D eigenvalue weighted by Crippen LogP contribution is 2.32. The van der Waals surface area contributed by atoms with Crippen molar-refractivity contribution in [1.82, 2.24) is 0 Å². The number of Topliss-reactive ketones (excluding diaryl/α,β-unsaturated/α-hetero) is 1. The monoisotopic (exact) mass is 538 g/mol. The van der Waals surface area contributed by atoms with Gasteiger partial charge in [0.25, 0.3) is 0 Å². The summed E-state index contributed by atoms with van der Waals surface area (Å²) in [5, 5.41) is 70.0. The fraction of sp³-hybridized carbons (Fsp3) is 0.500. The van der Waals surface area contributed by atoms with Gasteiger partial charge in [0.05, 0.1) is 40.0 Å². The van der Waals surface area contributed by atoms with Gasteiger partial charge in [-0.25, -0.2) is 0 Å². The molecule has 7 atom stereocenters. The summed E-state index contributed by atoms with van der Waals surface area (Å²) in [5.41, 5.74) is 0.802. The number of aromatic hydroxyl groups is 2. The van der Waals surface area contributed by atoms with Crippen LogP contribution in [0.5, 0.6) is 23.0 Å². The first-order chi connectivity index (χ1) is 18.1. The molecule has 1 saturated heterocycles. The Kier molecular flexibility index (Phi) is 10.3. The van der Waals surface area contributed by atoms with Crippen molar-refractivity contribution >= 4 is 5.78 Å². The number of methoxy groups -OCH3 is 2. The first-order valence-corrected chi connectivity index (χ1v) is 11.9. The highest BCUT2D eigenvalue weighted by Gasteiger charge is 2.44. The molecule has 3 rings (SSSR count). The molecule has 0 saturated carbocycles. The van der Waals surface area contributed by atoms with Gasteiger partial charge in [-0.05, 0) is 48.2 Å². The third-order valence-electron chi connectivity index (χ3n) is 6.63. The number of aliphatic hydroxyl groups is 5. The molecule has 0 aromatic heterocycles. The molecule has 1 heterocycles. The molecular formula is C26H34O12. The summed E-state index contributed by atoms with van der Waals surface area (Å²) in [7, 11) is 2.72. The molecule has 0 spiro atoms. The van der Waals surface area contributed by atoms with Crippen LogP contribution in [-0.4, -0.2) is 106 Å². The summed E-state index contributed by atoms with van der Waals surface area (Å²) in [6.45, 7) is -1.47. The second-order valence-electron chi connectivity index (χ2n) is 9.04. The Hall–Kier alpha value is -2.97. The van der Waals surface area contributed by atoms with Gasteiger partial charge in [-0.2, -0.15) is 0 Å². The van der Waals surface area contributed by atoms with Crippen LogP contribution in [0.2, 0.25) is 0 Å². The second kappa shape index (κ2) is 13.2. The van der Waals surface area contributed by atoms with E-state index < -0.39 is 61.5 Å². The Morgan fingerprint density at radius 1 is 0.921 bits per heavy atom. The highest BCUT2D eigenvalue weighted by molar-refractivity contribution is 5.98. The lowest BCUT2D eigenvalue weighted by Gasteiger charge is -2.40. The number of hydrogen-bond acceptors (Lipinski definition) is 12. The fourth-order valence-corrected chi connectivity index (χ4v) is 4.38. The first kappa shape index (κ1) is 29.6. The molecule has 7 N–H and O–H groups in total. The van der Waals surface area contributed by atoms with Gasteiger partial charge in [0.15, 0.2) is 35.1 Å². The van der Waals surface area contributed by atoms with Crippen molar-refractivity contribution in [2.24, 2.45) is 11.8 Å². The molecule has 2 aromatic rings. The van der Waals surface area contributed by atoms with E-state index in [-0.39, 0.29) is 41.6 Å². The number of phenolic OH excluding ortho intramolecular Hbond substituents is 2. The van der Waals surface area contributed by atoms with Crippen LogP contribution in [0, 0.1) is 11.8 Å². The normalized spacial score (nSPS) is 25.0. The van der Waals surface area contributed by atoms with E-state index in [0.717, 1.165) is 0 Å². The second-order valence-corrected chi connectivity index (χ2v) is 9.04. The van der Waals surface area contributed by atoms with Crippen LogP contribution < -0.4 is 9.47 Å². The average Bonchev–Trinajstić information content (AvgIpc) is 2.92. The van der Waals surface area contributed by atoms with E-state index in [0.29, 0.717) is 5.56 Å². The van der Waals surface area contributed by atoms with Gasteiger partial charge >= 0.3 is 0 Å². The lowest BCUT2D eigenvalue weighted by molar-refractivity contribution is -0.303. The van der Waals surface area contributed by atoms with Gasteiger partial charge in [-0.15, -0.1) is 0 Å². The molecule has 1 fully saturated rings. The number of rotatable bonds is 12. The quantitative estimate of drug-likeness (QED) is 0.173. The van der Waals surface area contributed by atoms with Crippen molar-refractivity contribution in [3.63, 3.8) is 0 Å². The van der Waals surface area contributed by atoms with Gasteiger partial charge in [0.2, 0.25) is 0 Å².